The summed E-state index contributed by atoms with van der Waals surface area (Å²) >= 11 is 0. The number of H-pyrrole nitrogens is 1. The molecule has 0 saturated heterocycles. The van der Waals surface area contributed by atoms with Gasteiger partial charge in [-0.15, -0.1) is 6.42 Å². The van der Waals surface area contributed by atoms with E-state index in [2.05, 4.69) is 15.9 Å². The third-order valence-corrected chi connectivity index (χ3v) is 7.22. The molecular weight excluding hydrogens is 440 g/mol. The Balaban J connectivity index is 2.02. The standard InChI is InChI=1S/C24H22N4O4S/c1-6-12-32-24(29)17-13-16-14(2)10-11-15(3)20(16)26-21(17)23-25-18-8-7-9-19(22(18)27-23)33(30,31)28(4)5/h1,7-11,13H,12H2,2-5H3,(H,25,27). The summed E-state index contributed by atoms with van der Waals surface area (Å²) in [5.41, 5.74) is 3.77. The highest BCUT2D eigenvalue weighted by atomic mass is 32.2. The number of aromatic amines is 1. The van der Waals surface area contributed by atoms with Gasteiger partial charge in [-0.1, -0.05) is 24.1 Å². The Morgan fingerprint density at radius 2 is 1.85 bits per heavy atom. The molecule has 0 fully saturated rings. The van der Waals surface area contributed by atoms with Gasteiger partial charge in [0.05, 0.1) is 16.6 Å². The van der Waals surface area contributed by atoms with E-state index in [0.29, 0.717) is 11.0 Å². The predicted octanol–water partition coefficient (Wildman–Crippen LogP) is 3.44. The number of rotatable bonds is 5. The summed E-state index contributed by atoms with van der Waals surface area (Å²) in [6.45, 7) is 3.67. The third kappa shape index (κ3) is 3.84. The molecule has 0 saturated carbocycles. The van der Waals surface area contributed by atoms with E-state index < -0.39 is 16.0 Å². The Bertz CT molecular complexity index is 1560. The Hall–Kier alpha value is -3.74. The van der Waals surface area contributed by atoms with Crippen LogP contribution in [0.2, 0.25) is 0 Å². The number of hydrogen-bond acceptors (Lipinski definition) is 6. The Labute approximate surface area is 191 Å². The van der Waals surface area contributed by atoms with Crippen molar-refractivity contribution in [3.8, 4) is 23.9 Å². The van der Waals surface area contributed by atoms with Gasteiger partial charge in [-0.2, -0.15) is 0 Å². The summed E-state index contributed by atoms with van der Waals surface area (Å²) in [6.07, 6.45) is 5.25. The topological polar surface area (TPSA) is 105 Å². The molecule has 8 nitrogen and oxygen atoms in total. The van der Waals surface area contributed by atoms with Crippen molar-refractivity contribution < 1.29 is 17.9 Å². The van der Waals surface area contributed by atoms with Gasteiger partial charge in [0, 0.05) is 19.5 Å². The number of pyridine rings is 1. The first-order valence-corrected chi connectivity index (χ1v) is 11.5. The van der Waals surface area contributed by atoms with Crippen molar-refractivity contribution in [1.82, 2.24) is 19.3 Å². The number of para-hydroxylation sites is 1. The number of fused-ring (bicyclic) bond motifs is 2. The molecule has 2 aromatic heterocycles. The number of hydrogen-bond donors (Lipinski definition) is 1. The van der Waals surface area contributed by atoms with Crippen LogP contribution >= 0.6 is 0 Å². The molecule has 4 rings (SSSR count). The van der Waals surface area contributed by atoms with Gasteiger partial charge in [-0.3, -0.25) is 0 Å². The summed E-state index contributed by atoms with van der Waals surface area (Å²) in [7, 11) is -0.830. The van der Waals surface area contributed by atoms with Crippen LogP contribution in [0.1, 0.15) is 21.5 Å². The maximum atomic E-state index is 12.9. The van der Waals surface area contributed by atoms with E-state index in [4.69, 9.17) is 16.1 Å². The van der Waals surface area contributed by atoms with Crippen molar-refractivity contribution in [2.24, 2.45) is 0 Å². The summed E-state index contributed by atoms with van der Waals surface area (Å²) in [6, 6.07) is 10.5. The second-order valence-electron chi connectivity index (χ2n) is 7.79. The van der Waals surface area contributed by atoms with Crippen LogP contribution < -0.4 is 0 Å². The molecular formula is C24H22N4O4S. The summed E-state index contributed by atoms with van der Waals surface area (Å²) in [5.74, 6) is 1.90. The Morgan fingerprint density at radius 3 is 2.55 bits per heavy atom. The number of nitrogens with zero attached hydrogens (tertiary/aromatic N) is 3. The van der Waals surface area contributed by atoms with Crippen LogP contribution in [0.25, 0.3) is 33.5 Å². The summed E-state index contributed by atoms with van der Waals surface area (Å²) in [4.78, 5) is 25.3. The van der Waals surface area contributed by atoms with E-state index in [9.17, 15) is 13.2 Å². The van der Waals surface area contributed by atoms with Crippen LogP contribution in [0.5, 0.6) is 0 Å². The molecule has 0 unspecified atom stereocenters. The quantitative estimate of drug-likeness (QED) is 0.360. The minimum absolute atomic E-state index is 0.0526. The molecule has 0 amide bonds. The third-order valence-electron chi connectivity index (χ3n) is 5.37. The van der Waals surface area contributed by atoms with E-state index in [1.165, 1.54) is 20.2 Å². The number of nitrogens with one attached hydrogen (secondary N) is 1. The number of imidazole rings is 1. The molecule has 0 spiro atoms. The minimum atomic E-state index is -3.74. The first-order chi connectivity index (χ1) is 15.6. The summed E-state index contributed by atoms with van der Waals surface area (Å²) < 4.78 is 31.9. The van der Waals surface area contributed by atoms with Gasteiger partial charge in [0.1, 0.15) is 16.1 Å². The number of aryl methyl sites for hydroxylation is 2. The number of sulfonamides is 1. The van der Waals surface area contributed by atoms with Crippen LogP contribution in [-0.2, 0) is 14.8 Å². The first-order valence-electron chi connectivity index (χ1n) is 10.1. The largest absolute Gasteiger partial charge is 0.449 e. The maximum Gasteiger partial charge on any atom is 0.341 e. The zero-order chi connectivity index (χ0) is 23.9. The van der Waals surface area contributed by atoms with Crippen molar-refractivity contribution >= 4 is 37.9 Å². The molecule has 4 aromatic rings. The molecule has 0 aliphatic heterocycles. The van der Waals surface area contributed by atoms with Crippen LogP contribution in [-0.4, -0.2) is 54.3 Å². The Kier molecular flexibility index (Phi) is 5.66. The molecule has 2 heterocycles. The molecule has 0 aliphatic rings. The number of esters is 1. The summed E-state index contributed by atoms with van der Waals surface area (Å²) in [5, 5.41) is 0.804. The predicted molar refractivity (Wildman–Crippen MR) is 126 cm³/mol. The van der Waals surface area contributed by atoms with Crippen molar-refractivity contribution in [3.63, 3.8) is 0 Å². The number of carbonyl (C=O) groups is 1. The van der Waals surface area contributed by atoms with Crippen LogP contribution in [0.15, 0.2) is 41.3 Å². The number of aromatic nitrogens is 3. The van der Waals surface area contributed by atoms with E-state index in [0.717, 1.165) is 20.8 Å². The lowest BCUT2D eigenvalue weighted by Gasteiger charge is -2.11. The average molecular weight is 463 g/mol. The monoisotopic (exact) mass is 462 g/mol. The van der Waals surface area contributed by atoms with Crippen molar-refractivity contribution in [2.75, 3.05) is 20.7 Å². The highest BCUT2D eigenvalue weighted by Gasteiger charge is 2.25. The molecule has 9 heteroatoms. The molecule has 0 bridgehead atoms. The normalized spacial score (nSPS) is 11.8. The maximum absolute atomic E-state index is 12.9. The zero-order valence-corrected chi connectivity index (χ0v) is 19.4. The fourth-order valence-electron chi connectivity index (χ4n) is 3.58. The number of terminal acetylenes is 1. The number of carbonyl (C=O) groups excluding carboxylic acids is 1. The lowest BCUT2D eigenvalue weighted by Crippen LogP contribution is -2.22. The van der Waals surface area contributed by atoms with Gasteiger partial charge in [0.25, 0.3) is 0 Å². The fraction of sp³-hybridized carbons (Fsp3) is 0.208. The van der Waals surface area contributed by atoms with Gasteiger partial charge in [-0.05, 0) is 43.2 Å². The van der Waals surface area contributed by atoms with Crippen molar-refractivity contribution in [2.45, 2.75) is 18.7 Å². The zero-order valence-electron chi connectivity index (χ0n) is 18.6. The molecule has 33 heavy (non-hydrogen) atoms. The molecule has 0 aliphatic carbocycles. The minimum Gasteiger partial charge on any atom is -0.449 e. The van der Waals surface area contributed by atoms with E-state index >= 15 is 0 Å². The van der Waals surface area contributed by atoms with Gasteiger partial charge < -0.3 is 9.72 Å². The molecule has 1 N–H and O–H groups in total. The average Bonchev–Trinajstić information content (AvgIpc) is 3.23. The van der Waals surface area contributed by atoms with E-state index in [-0.39, 0.29) is 34.1 Å². The van der Waals surface area contributed by atoms with Crippen molar-refractivity contribution in [3.05, 3.63) is 53.1 Å². The van der Waals surface area contributed by atoms with Gasteiger partial charge in [-0.25, -0.2) is 27.5 Å². The highest BCUT2D eigenvalue weighted by molar-refractivity contribution is 7.89. The molecule has 2 aromatic carbocycles. The number of ether oxygens (including phenoxy) is 1. The lowest BCUT2D eigenvalue weighted by atomic mass is 10.0. The van der Waals surface area contributed by atoms with Gasteiger partial charge in [0.15, 0.2) is 12.4 Å². The SMILES string of the molecule is C#CCOC(=O)c1cc2c(C)ccc(C)c2nc1-c1nc2c(S(=O)(=O)N(C)C)cccc2[nH]1. The molecule has 0 atom stereocenters. The fourth-order valence-corrected chi connectivity index (χ4v) is 4.62. The smallest absolute Gasteiger partial charge is 0.341 e. The van der Waals surface area contributed by atoms with E-state index in [1.807, 2.05) is 26.0 Å². The first kappa shape index (κ1) is 22.5. The Morgan fingerprint density at radius 1 is 1.12 bits per heavy atom. The van der Waals surface area contributed by atoms with Crippen LogP contribution in [0.3, 0.4) is 0 Å². The lowest BCUT2D eigenvalue weighted by molar-refractivity contribution is 0.0557. The molecule has 0 radical (unpaired) electrons. The second-order valence-corrected chi connectivity index (χ2v) is 9.91. The van der Waals surface area contributed by atoms with E-state index in [1.54, 1.807) is 18.2 Å². The van der Waals surface area contributed by atoms with Gasteiger partial charge in [0.2, 0.25) is 10.0 Å². The van der Waals surface area contributed by atoms with Crippen LogP contribution in [0.4, 0.5) is 0 Å². The number of benzene rings is 2. The molecule has 168 valence electrons. The van der Waals surface area contributed by atoms with Crippen molar-refractivity contribution in [1.29, 1.82) is 0 Å². The van der Waals surface area contributed by atoms with Crippen LogP contribution in [0, 0.1) is 26.2 Å². The highest BCUT2D eigenvalue weighted by Crippen LogP contribution is 2.31. The second kappa shape index (κ2) is 8.31. The van der Waals surface area contributed by atoms with Gasteiger partial charge >= 0.3 is 5.97 Å².